The first-order chi connectivity index (χ1) is 11.3. The Balaban J connectivity index is 2.94. The lowest BCUT2D eigenvalue weighted by Crippen LogP contribution is -2.31. The van der Waals surface area contributed by atoms with Crippen LogP contribution in [0.15, 0.2) is 79.2 Å². The maximum Gasteiger partial charge on any atom is 0.432 e. The number of halogens is 3. The molecule has 128 valence electrons. The van der Waals surface area contributed by atoms with Gasteiger partial charge < -0.3 is 10.6 Å². The second-order valence-electron chi connectivity index (χ2n) is 4.87. The van der Waals surface area contributed by atoms with E-state index in [1.165, 1.54) is 18.2 Å². The molecule has 0 aliphatic heterocycles. The maximum atomic E-state index is 13.1. The van der Waals surface area contributed by atoms with E-state index in [4.69, 9.17) is 0 Å². The van der Waals surface area contributed by atoms with Gasteiger partial charge in [0.1, 0.15) is 5.70 Å². The molecule has 1 amide bonds. The molecule has 0 spiro atoms. The molecule has 0 fully saturated rings. The van der Waals surface area contributed by atoms with Crippen molar-refractivity contribution in [2.45, 2.75) is 19.1 Å². The minimum Gasteiger partial charge on any atom is -0.373 e. The molecular formula is C18H19F3N2O. The number of carbonyl (C=O) groups excluding carboxylic acids is 1. The van der Waals surface area contributed by atoms with Crippen molar-refractivity contribution in [3.8, 4) is 0 Å². The summed E-state index contributed by atoms with van der Waals surface area (Å²) in [6.45, 7) is 8.46. The number of amides is 1. The fourth-order valence-electron chi connectivity index (χ4n) is 1.85. The number of rotatable bonds is 7. The third kappa shape index (κ3) is 5.79. The minimum atomic E-state index is -4.63. The molecule has 6 heteroatoms. The molecule has 3 nitrogen and oxygen atoms in total. The number of hydrogen-bond donors (Lipinski definition) is 2. The number of nitrogens with one attached hydrogen (secondary N) is 2. The first-order valence-electron chi connectivity index (χ1n) is 7.14. The number of alkyl halides is 3. The van der Waals surface area contributed by atoms with Gasteiger partial charge in [-0.15, -0.1) is 0 Å². The summed E-state index contributed by atoms with van der Waals surface area (Å²) in [5.41, 5.74) is -0.245. The van der Waals surface area contributed by atoms with Gasteiger partial charge in [0, 0.05) is 17.8 Å². The Morgan fingerprint density at radius 3 is 2.33 bits per heavy atom. The van der Waals surface area contributed by atoms with Crippen LogP contribution in [0.2, 0.25) is 0 Å². The van der Waals surface area contributed by atoms with E-state index in [0.717, 1.165) is 0 Å². The Morgan fingerprint density at radius 1 is 1.21 bits per heavy atom. The van der Waals surface area contributed by atoms with Crippen LogP contribution in [-0.2, 0) is 4.79 Å². The molecule has 0 bridgehead atoms. The maximum absolute atomic E-state index is 13.1. The predicted octanol–water partition coefficient (Wildman–Crippen LogP) is 4.16. The second-order valence-corrected chi connectivity index (χ2v) is 4.87. The topological polar surface area (TPSA) is 41.1 Å². The fraction of sp³-hybridized carbons (Fsp3) is 0.167. The van der Waals surface area contributed by atoms with Gasteiger partial charge in [-0.05, 0) is 12.5 Å². The van der Waals surface area contributed by atoms with Crippen molar-refractivity contribution in [3.63, 3.8) is 0 Å². The van der Waals surface area contributed by atoms with Gasteiger partial charge in [-0.25, -0.2) is 0 Å². The van der Waals surface area contributed by atoms with E-state index < -0.39 is 23.8 Å². The number of hydrogen-bond acceptors (Lipinski definition) is 2. The SMILES string of the molecule is C=C/C=C(\C=C)C(=O)N/C=C(\NC(C)c1ccccc1)C(F)(F)F. The summed E-state index contributed by atoms with van der Waals surface area (Å²) in [5.74, 6) is -0.708. The Bertz CT molecular complexity index is 646. The molecule has 1 atom stereocenters. The zero-order valence-corrected chi connectivity index (χ0v) is 13.2. The highest BCUT2D eigenvalue weighted by atomic mass is 19.4. The van der Waals surface area contributed by atoms with Crippen molar-refractivity contribution in [3.05, 3.63) is 84.8 Å². The van der Waals surface area contributed by atoms with Gasteiger partial charge >= 0.3 is 6.18 Å². The lowest BCUT2D eigenvalue weighted by atomic mass is 10.1. The Morgan fingerprint density at radius 2 is 1.83 bits per heavy atom. The van der Waals surface area contributed by atoms with Crippen LogP contribution in [0.4, 0.5) is 13.2 Å². The molecule has 1 aromatic rings. The zero-order valence-electron chi connectivity index (χ0n) is 13.2. The molecule has 2 N–H and O–H groups in total. The summed E-state index contributed by atoms with van der Waals surface area (Å²) in [6.07, 6.45) is -0.0860. The van der Waals surface area contributed by atoms with Gasteiger partial charge in [-0.3, -0.25) is 4.79 Å². The molecular weight excluding hydrogens is 317 g/mol. The van der Waals surface area contributed by atoms with E-state index in [2.05, 4.69) is 23.8 Å². The smallest absolute Gasteiger partial charge is 0.373 e. The Kier molecular flexibility index (Phi) is 7.04. The van der Waals surface area contributed by atoms with E-state index >= 15 is 0 Å². The third-order valence-electron chi connectivity index (χ3n) is 3.10. The lowest BCUT2D eigenvalue weighted by molar-refractivity contribution is -0.116. The summed E-state index contributed by atoms with van der Waals surface area (Å²) < 4.78 is 39.4. The van der Waals surface area contributed by atoms with Crippen molar-refractivity contribution in [1.82, 2.24) is 10.6 Å². The number of allylic oxidation sites excluding steroid dienone is 3. The van der Waals surface area contributed by atoms with E-state index in [-0.39, 0.29) is 5.57 Å². The molecule has 0 radical (unpaired) electrons. The molecule has 1 unspecified atom stereocenters. The van der Waals surface area contributed by atoms with Crippen molar-refractivity contribution in [1.29, 1.82) is 0 Å². The molecule has 0 saturated heterocycles. The van der Waals surface area contributed by atoms with E-state index in [1.807, 2.05) is 0 Å². The van der Waals surface area contributed by atoms with Crippen molar-refractivity contribution >= 4 is 5.91 Å². The molecule has 0 aromatic heterocycles. The normalized spacial score (nSPS) is 13.8. The van der Waals surface area contributed by atoms with Gasteiger partial charge in [0.2, 0.25) is 0 Å². The first-order valence-corrected chi connectivity index (χ1v) is 7.14. The van der Waals surface area contributed by atoms with Crippen LogP contribution in [0.5, 0.6) is 0 Å². The van der Waals surface area contributed by atoms with E-state index in [9.17, 15) is 18.0 Å². The standard InChI is InChI=1S/C18H19F3N2O/c1-4-9-14(5-2)17(24)22-12-16(18(19,20)21)23-13(3)15-10-7-6-8-11-15/h4-13,23H,1-2H2,3H3,(H,22,24)/b14-9+,16-12-. The van der Waals surface area contributed by atoms with E-state index in [0.29, 0.717) is 11.8 Å². The van der Waals surface area contributed by atoms with Crippen LogP contribution in [0.1, 0.15) is 18.5 Å². The molecule has 0 aliphatic carbocycles. The second kappa shape index (κ2) is 8.76. The summed E-state index contributed by atoms with van der Waals surface area (Å²) in [6, 6.07) is 8.10. The molecule has 0 heterocycles. The average Bonchev–Trinajstić information content (AvgIpc) is 2.55. The Labute approximate surface area is 139 Å². The minimum absolute atomic E-state index is 0.110. The van der Waals surface area contributed by atoms with Crippen molar-refractivity contribution in [2.75, 3.05) is 0 Å². The fourth-order valence-corrected chi connectivity index (χ4v) is 1.85. The van der Waals surface area contributed by atoms with Gasteiger partial charge in [-0.1, -0.05) is 61.7 Å². The largest absolute Gasteiger partial charge is 0.432 e. The lowest BCUT2D eigenvalue weighted by Gasteiger charge is -2.20. The zero-order chi connectivity index (χ0) is 18.2. The van der Waals surface area contributed by atoms with Gasteiger partial charge in [-0.2, -0.15) is 13.2 Å². The summed E-state index contributed by atoms with van der Waals surface area (Å²) in [7, 11) is 0. The van der Waals surface area contributed by atoms with Gasteiger partial charge in [0.05, 0.1) is 0 Å². The molecule has 1 rings (SSSR count). The predicted molar refractivity (Wildman–Crippen MR) is 88.8 cm³/mol. The highest BCUT2D eigenvalue weighted by Gasteiger charge is 2.35. The molecule has 1 aromatic carbocycles. The molecule has 0 aliphatic rings. The molecule has 0 saturated carbocycles. The van der Waals surface area contributed by atoms with Gasteiger partial charge in [0.15, 0.2) is 0 Å². The van der Waals surface area contributed by atoms with E-state index in [1.54, 1.807) is 37.3 Å². The third-order valence-corrected chi connectivity index (χ3v) is 3.10. The van der Waals surface area contributed by atoms with Crippen molar-refractivity contribution < 1.29 is 18.0 Å². The summed E-state index contributed by atoms with van der Waals surface area (Å²) in [5, 5.41) is 4.48. The quantitative estimate of drug-likeness (QED) is 0.580. The highest BCUT2D eigenvalue weighted by Crippen LogP contribution is 2.26. The van der Waals surface area contributed by atoms with Crippen molar-refractivity contribution in [2.24, 2.45) is 0 Å². The van der Waals surface area contributed by atoms with Crippen LogP contribution in [0, 0.1) is 0 Å². The number of benzene rings is 1. The average molecular weight is 336 g/mol. The summed E-state index contributed by atoms with van der Waals surface area (Å²) >= 11 is 0. The van der Waals surface area contributed by atoms with Crippen LogP contribution in [0.3, 0.4) is 0 Å². The number of carbonyl (C=O) groups is 1. The monoisotopic (exact) mass is 336 g/mol. The van der Waals surface area contributed by atoms with Crippen LogP contribution in [0.25, 0.3) is 0 Å². The van der Waals surface area contributed by atoms with Crippen LogP contribution in [-0.4, -0.2) is 12.1 Å². The van der Waals surface area contributed by atoms with Crippen LogP contribution < -0.4 is 10.6 Å². The molecule has 24 heavy (non-hydrogen) atoms. The first kappa shape index (κ1) is 19.3. The summed E-state index contributed by atoms with van der Waals surface area (Å²) in [4.78, 5) is 11.8. The Hall–Kier alpha value is -2.76. The van der Waals surface area contributed by atoms with Gasteiger partial charge in [0.25, 0.3) is 5.91 Å². The highest BCUT2D eigenvalue weighted by molar-refractivity contribution is 5.96. The van der Waals surface area contributed by atoms with Crippen LogP contribution >= 0.6 is 0 Å².